The van der Waals surface area contributed by atoms with Crippen LogP contribution in [0.3, 0.4) is 0 Å². The molecule has 1 saturated heterocycles. The van der Waals surface area contributed by atoms with Crippen molar-refractivity contribution in [3.05, 3.63) is 64.8 Å². The molecule has 162 valence electrons. The quantitative estimate of drug-likeness (QED) is 0.650. The molecule has 3 heterocycles. The maximum atomic E-state index is 12.9. The van der Waals surface area contributed by atoms with Gasteiger partial charge in [-0.15, -0.1) is 0 Å². The first-order valence-electron chi connectivity index (χ1n) is 10.7. The third-order valence-electron chi connectivity index (χ3n) is 6.40. The second kappa shape index (κ2) is 7.44. The monoisotopic (exact) mass is 428 g/mol. The van der Waals surface area contributed by atoms with E-state index in [0.717, 1.165) is 28.2 Å². The van der Waals surface area contributed by atoms with Gasteiger partial charge in [-0.2, -0.15) is 0 Å². The molecule has 5 rings (SSSR count). The molecule has 0 spiro atoms. The van der Waals surface area contributed by atoms with Crippen LogP contribution in [-0.2, 0) is 23.2 Å². The molecule has 7 nitrogen and oxygen atoms in total. The van der Waals surface area contributed by atoms with E-state index in [1.54, 1.807) is 4.90 Å². The van der Waals surface area contributed by atoms with Gasteiger partial charge in [-0.05, 0) is 49.1 Å². The Morgan fingerprint density at radius 1 is 1.06 bits per heavy atom. The van der Waals surface area contributed by atoms with E-state index in [-0.39, 0.29) is 18.2 Å². The van der Waals surface area contributed by atoms with Crippen LogP contribution < -0.4 is 5.32 Å². The number of nitrogens with one attached hydrogen (secondary N) is 1. The summed E-state index contributed by atoms with van der Waals surface area (Å²) in [6.07, 6.45) is 2.60. The molecule has 1 unspecified atom stereocenters. The van der Waals surface area contributed by atoms with Gasteiger partial charge >= 0.3 is 0 Å². The van der Waals surface area contributed by atoms with E-state index in [9.17, 15) is 14.4 Å². The van der Waals surface area contributed by atoms with Gasteiger partial charge in [0.15, 0.2) is 0 Å². The standard InChI is InChI=1S/C25H24N4O3/c1-14-5-4-6-15(2)22(14)23-26-19(13-28(23)3)16-7-8-18-17(11-16)12-29(25(18)32)20-9-10-21(30)27-24(20)31/h4-8,11,13,20H,9-10,12H2,1-3H3,(H,27,30,31). The Bertz CT molecular complexity index is 1270. The van der Waals surface area contributed by atoms with Gasteiger partial charge in [0.2, 0.25) is 11.8 Å². The van der Waals surface area contributed by atoms with Crippen LogP contribution in [-0.4, -0.2) is 38.2 Å². The van der Waals surface area contributed by atoms with E-state index in [1.165, 1.54) is 11.1 Å². The number of aryl methyl sites for hydroxylation is 3. The van der Waals surface area contributed by atoms with E-state index in [0.29, 0.717) is 18.5 Å². The Balaban J connectivity index is 1.46. The molecule has 2 aliphatic heterocycles. The molecule has 3 amide bonds. The molecule has 1 fully saturated rings. The number of benzene rings is 2. The molecule has 0 saturated carbocycles. The Labute approximate surface area is 186 Å². The lowest BCUT2D eigenvalue weighted by Crippen LogP contribution is -2.52. The van der Waals surface area contributed by atoms with Crippen molar-refractivity contribution in [3.8, 4) is 22.6 Å². The summed E-state index contributed by atoms with van der Waals surface area (Å²) in [4.78, 5) is 43.1. The highest BCUT2D eigenvalue weighted by Crippen LogP contribution is 2.33. The van der Waals surface area contributed by atoms with Crippen molar-refractivity contribution in [2.45, 2.75) is 39.3 Å². The number of piperidine rings is 1. The first-order chi connectivity index (χ1) is 15.3. The summed E-state index contributed by atoms with van der Waals surface area (Å²) in [7, 11) is 1.99. The van der Waals surface area contributed by atoms with Crippen LogP contribution in [0.1, 0.15) is 39.9 Å². The second-order valence-electron chi connectivity index (χ2n) is 8.60. The van der Waals surface area contributed by atoms with Crippen LogP contribution in [0.25, 0.3) is 22.6 Å². The molecule has 32 heavy (non-hydrogen) atoms. The molecular weight excluding hydrogens is 404 g/mol. The minimum absolute atomic E-state index is 0.168. The lowest BCUT2D eigenvalue weighted by Gasteiger charge is -2.29. The van der Waals surface area contributed by atoms with Gasteiger partial charge in [0.05, 0.1) is 5.69 Å². The fourth-order valence-corrected chi connectivity index (χ4v) is 4.74. The minimum Gasteiger partial charge on any atom is -0.333 e. The van der Waals surface area contributed by atoms with E-state index >= 15 is 0 Å². The van der Waals surface area contributed by atoms with Crippen molar-refractivity contribution in [3.63, 3.8) is 0 Å². The van der Waals surface area contributed by atoms with E-state index in [1.807, 2.05) is 42.1 Å². The highest BCUT2D eigenvalue weighted by molar-refractivity contribution is 6.05. The third-order valence-corrected chi connectivity index (χ3v) is 6.40. The number of aromatic nitrogens is 2. The van der Waals surface area contributed by atoms with Crippen LogP contribution in [0, 0.1) is 13.8 Å². The van der Waals surface area contributed by atoms with Crippen molar-refractivity contribution < 1.29 is 14.4 Å². The summed E-state index contributed by atoms with van der Waals surface area (Å²) in [5.41, 5.74) is 6.70. The number of amides is 3. The predicted octanol–water partition coefficient (Wildman–Crippen LogP) is 3.13. The zero-order valence-corrected chi connectivity index (χ0v) is 18.3. The molecule has 0 radical (unpaired) electrons. The Kier molecular flexibility index (Phi) is 4.69. The Hall–Kier alpha value is -3.74. The van der Waals surface area contributed by atoms with Crippen molar-refractivity contribution >= 4 is 17.7 Å². The number of carbonyl (C=O) groups is 3. The van der Waals surface area contributed by atoms with Crippen LogP contribution >= 0.6 is 0 Å². The lowest BCUT2D eigenvalue weighted by atomic mass is 10.0. The van der Waals surface area contributed by atoms with E-state index in [2.05, 4.69) is 31.3 Å². The maximum absolute atomic E-state index is 12.9. The average molecular weight is 428 g/mol. The number of imide groups is 1. The number of rotatable bonds is 3. The van der Waals surface area contributed by atoms with Gasteiger partial charge in [0.1, 0.15) is 11.9 Å². The molecule has 2 aromatic carbocycles. The molecule has 7 heteroatoms. The summed E-state index contributed by atoms with van der Waals surface area (Å²) in [5, 5.41) is 2.34. The molecule has 0 bridgehead atoms. The Morgan fingerprint density at radius 2 is 1.81 bits per heavy atom. The second-order valence-corrected chi connectivity index (χ2v) is 8.60. The zero-order chi connectivity index (χ0) is 22.6. The fourth-order valence-electron chi connectivity index (χ4n) is 4.74. The molecular formula is C25H24N4O3. The van der Waals surface area contributed by atoms with Crippen molar-refractivity contribution in [1.82, 2.24) is 19.8 Å². The van der Waals surface area contributed by atoms with Crippen LogP contribution in [0.4, 0.5) is 0 Å². The molecule has 1 atom stereocenters. The molecule has 1 N–H and O–H groups in total. The predicted molar refractivity (Wildman–Crippen MR) is 120 cm³/mol. The lowest BCUT2D eigenvalue weighted by molar-refractivity contribution is -0.136. The molecule has 1 aromatic heterocycles. The summed E-state index contributed by atoms with van der Waals surface area (Å²) in [6, 6.07) is 11.3. The normalized spacial score (nSPS) is 18.2. The smallest absolute Gasteiger partial charge is 0.255 e. The minimum atomic E-state index is -0.610. The van der Waals surface area contributed by atoms with Gasteiger partial charge in [-0.1, -0.05) is 24.3 Å². The molecule has 2 aliphatic rings. The highest BCUT2D eigenvalue weighted by Gasteiger charge is 2.39. The molecule has 3 aromatic rings. The third kappa shape index (κ3) is 3.21. The van der Waals surface area contributed by atoms with Crippen LogP contribution in [0.15, 0.2) is 42.6 Å². The van der Waals surface area contributed by atoms with Crippen molar-refractivity contribution in [1.29, 1.82) is 0 Å². The largest absolute Gasteiger partial charge is 0.333 e. The van der Waals surface area contributed by atoms with Gasteiger partial charge < -0.3 is 9.47 Å². The summed E-state index contributed by atoms with van der Waals surface area (Å²) in [5.74, 6) is 0.0498. The van der Waals surface area contributed by atoms with Gasteiger partial charge in [-0.25, -0.2) is 4.98 Å². The number of nitrogens with zero attached hydrogens (tertiary/aromatic N) is 3. The van der Waals surface area contributed by atoms with Crippen LogP contribution in [0.2, 0.25) is 0 Å². The van der Waals surface area contributed by atoms with Crippen LogP contribution in [0.5, 0.6) is 0 Å². The fraction of sp³-hybridized carbons (Fsp3) is 0.280. The maximum Gasteiger partial charge on any atom is 0.255 e. The van der Waals surface area contributed by atoms with Gasteiger partial charge in [0, 0.05) is 42.9 Å². The molecule has 0 aliphatic carbocycles. The van der Waals surface area contributed by atoms with Crippen molar-refractivity contribution in [2.24, 2.45) is 7.05 Å². The van der Waals surface area contributed by atoms with E-state index < -0.39 is 11.9 Å². The SMILES string of the molecule is Cc1cccc(C)c1-c1nc(-c2ccc3c(c2)CN(C2CCC(=O)NC2=O)C3=O)cn1C. The summed E-state index contributed by atoms with van der Waals surface area (Å²) < 4.78 is 2.03. The summed E-state index contributed by atoms with van der Waals surface area (Å²) >= 11 is 0. The number of imidazole rings is 1. The summed E-state index contributed by atoms with van der Waals surface area (Å²) in [6.45, 7) is 4.52. The van der Waals surface area contributed by atoms with Gasteiger partial charge in [-0.3, -0.25) is 19.7 Å². The zero-order valence-electron chi connectivity index (χ0n) is 18.3. The highest BCUT2D eigenvalue weighted by atomic mass is 16.2. The number of hydrogen-bond acceptors (Lipinski definition) is 4. The number of fused-ring (bicyclic) bond motifs is 1. The average Bonchev–Trinajstić information content (AvgIpc) is 3.28. The van der Waals surface area contributed by atoms with Gasteiger partial charge in [0.25, 0.3) is 5.91 Å². The first kappa shape index (κ1) is 20.2. The number of hydrogen-bond donors (Lipinski definition) is 1. The topological polar surface area (TPSA) is 84.3 Å². The number of carbonyl (C=O) groups excluding carboxylic acids is 3. The van der Waals surface area contributed by atoms with Crippen molar-refractivity contribution in [2.75, 3.05) is 0 Å². The Morgan fingerprint density at radius 3 is 2.53 bits per heavy atom. The van der Waals surface area contributed by atoms with E-state index in [4.69, 9.17) is 4.98 Å². The first-order valence-corrected chi connectivity index (χ1v) is 10.7.